The molecular formula is C29H47N5O8. The second-order valence-electron chi connectivity index (χ2n) is 10.6. The molecule has 1 rings (SSSR count). The summed E-state index contributed by atoms with van der Waals surface area (Å²) in [6, 6.07) is 3.31. The highest BCUT2D eigenvalue weighted by Crippen LogP contribution is 2.19. The molecule has 0 radical (unpaired) electrons. The van der Waals surface area contributed by atoms with Crippen molar-refractivity contribution in [2.75, 3.05) is 26.8 Å². The number of hydrogen-bond donors (Lipinski definition) is 6. The van der Waals surface area contributed by atoms with Crippen molar-refractivity contribution in [3.8, 4) is 5.75 Å². The van der Waals surface area contributed by atoms with Crippen LogP contribution in [-0.2, 0) is 35.1 Å². The number of nitrogens with one attached hydrogen (secondary N) is 2. The molecule has 4 amide bonds. The molecule has 13 nitrogen and oxygen atoms in total. The molecule has 4 atom stereocenters. The van der Waals surface area contributed by atoms with Gasteiger partial charge >= 0.3 is 5.97 Å². The second kappa shape index (κ2) is 18.8. The summed E-state index contributed by atoms with van der Waals surface area (Å²) in [5.41, 5.74) is 12.6. The number of aromatic hydroxyl groups is 1. The van der Waals surface area contributed by atoms with Gasteiger partial charge < -0.3 is 37.1 Å². The molecule has 3 unspecified atom stereocenters. The smallest absolute Gasteiger partial charge is 0.329 e. The number of benzene rings is 1. The number of nitrogens with zero attached hydrogens (tertiary/aromatic N) is 1. The Morgan fingerprint density at radius 2 is 1.64 bits per heavy atom. The lowest BCUT2D eigenvalue weighted by molar-refractivity contribution is -0.163. The van der Waals surface area contributed by atoms with Crippen molar-refractivity contribution in [2.24, 2.45) is 23.3 Å². The molecule has 1 aromatic rings. The van der Waals surface area contributed by atoms with E-state index in [4.69, 9.17) is 16.2 Å². The van der Waals surface area contributed by atoms with Crippen LogP contribution >= 0.6 is 0 Å². The molecule has 0 spiro atoms. The van der Waals surface area contributed by atoms with E-state index in [9.17, 15) is 34.2 Å². The van der Waals surface area contributed by atoms with E-state index in [0.29, 0.717) is 12.8 Å². The van der Waals surface area contributed by atoms with E-state index in [1.165, 1.54) is 6.92 Å². The van der Waals surface area contributed by atoms with Crippen LogP contribution in [0.25, 0.3) is 0 Å². The Balaban J connectivity index is 2.93. The zero-order valence-electron chi connectivity index (χ0n) is 25.0. The van der Waals surface area contributed by atoms with Gasteiger partial charge in [0.2, 0.25) is 23.6 Å². The van der Waals surface area contributed by atoms with Gasteiger partial charge in [-0.1, -0.05) is 32.4 Å². The number of methoxy groups -OCH3 is 1. The van der Waals surface area contributed by atoms with E-state index in [2.05, 4.69) is 10.6 Å². The molecule has 0 heterocycles. The Hall–Kier alpha value is -3.55. The number of aliphatic hydroxyl groups is 1. The van der Waals surface area contributed by atoms with E-state index in [0.717, 1.165) is 30.4 Å². The topological polar surface area (TPSA) is 214 Å². The summed E-state index contributed by atoms with van der Waals surface area (Å²) in [7, 11) is 1.16. The number of hydrogen-bond acceptors (Lipinski definition) is 10. The Kier molecular flexibility index (Phi) is 16.3. The zero-order chi connectivity index (χ0) is 31.8. The van der Waals surface area contributed by atoms with Crippen molar-refractivity contribution in [3.05, 3.63) is 29.8 Å². The summed E-state index contributed by atoms with van der Waals surface area (Å²) >= 11 is 0. The number of rotatable bonds is 18. The van der Waals surface area contributed by atoms with Gasteiger partial charge in [-0.05, 0) is 49.8 Å². The number of amides is 4. The lowest BCUT2D eigenvalue weighted by atomic mass is 9.95. The van der Waals surface area contributed by atoms with Crippen molar-refractivity contribution in [1.82, 2.24) is 15.5 Å². The molecular weight excluding hydrogens is 546 g/mol. The highest BCUT2D eigenvalue weighted by atomic mass is 16.5. The lowest BCUT2D eigenvalue weighted by Gasteiger charge is -2.34. The second-order valence-corrected chi connectivity index (χ2v) is 10.6. The van der Waals surface area contributed by atoms with E-state index in [-0.39, 0.29) is 31.7 Å². The average molecular weight is 594 g/mol. The van der Waals surface area contributed by atoms with E-state index < -0.39 is 66.2 Å². The van der Waals surface area contributed by atoms with Crippen molar-refractivity contribution in [2.45, 2.75) is 77.4 Å². The number of carbonyl (C=O) groups excluding carboxylic acids is 5. The van der Waals surface area contributed by atoms with Crippen LogP contribution in [0.4, 0.5) is 0 Å². The highest BCUT2D eigenvalue weighted by molar-refractivity contribution is 6.01. The maximum Gasteiger partial charge on any atom is 0.329 e. The predicted molar refractivity (Wildman–Crippen MR) is 156 cm³/mol. The number of carbonyl (C=O) groups is 5. The molecule has 0 saturated heterocycles. The molecule has 42 heavy (non-hydrogen) atoms. The minimum atomic E-state index is -1.43. The molecule has 0 aromatic heterocycles. The van der Waals surface area contributed by atoms with Gasteiger partial charge in [-0.25, -0.2) is 4.79 Å². The van der Waals surface area contributed by atoms with Crippen LogP contribution in [0.3, 0.4) is 0 Å². The monoisotopic (exact) mass is 593 g/mol. The van der Waals surface area contributed by atoms with Gasteiger partial charge in [-0.3, -0.25) is 24.1 Å². The number of phenolic OH excluding ortho intramolecular Hbond substituents is 1. The molecule has 0 aliphatic heterocycles. The van der Waals surface area contributed by atoms with Crippen LogP contribution in [-0.4, -0.2) is 89.6 Å². The summed E-state index contributed by atoms with van der Waals surface area (Å²) in [6.45, 7) is 4.12. The zero-order valence-corrected chi connectivity index (χ0v) is 25.0. The Labute approximate surface area is 247 Å². The first kappa shape index (κ1) is 36.5. The first-order valence-corrected chi connectivity index (χ1v) is 14.2. The van der Waals surface area contributed by atoms with Crippen LogP contribution in [0.1, 0.15) is 58.4 Å². The number of esters is 1. The molecule has 0 fully saturated rings. The van der Waals surface area contributed by atoms with Crippen molar-refractivity contribution >= 4 is 29.6 Å². The number of phenols is 1. The van der Waals surface area contributed by atoms with Crippen molar-refractivity contribution in [3.63, 3.8) is 0 Å². The van der Waals surface area contributed by atoms with E-state index in [1.54, 1.807) is 26.0 Å². The van der Waals surface area contributed by atoms with Crippen LogP contribution in [0, 0.1) is 11.8 Å². The molecule has 0 aliphatic rings. The summed E-state index contributed by atoms with van der Waals surface area (Å²) in [5, 5.41) is 24.4. The van der Waals surface area contributed by atoms with E-state index in [1.807, 2.05) is 12.1 Å². The van der Waals surface area contributed by atoms with Crippen LogP contribution in [0.15, 0.2) is 24.3 Å². The third-order valence-corrected chi connectivity index (χ3v) is 6.86. The van der Waals surface area contributed by atoms with Crippen molar-refractivity contribution < 1.29 is 38.9 Å². The molecule has 0 saturated carbocycles. The summed E-state index contributed by atoms with van der Waals surface area (Å²) in [4.78, 5) is 64.6. The molecule has 1 aromatic carbocycles. The molecule has 0 aliphatic carbocycles. The number of imide groups is 1. The standard InChI is InChI=1S/C29H47N5O8/c1-18(2)26(29(41)42-4)34(24(38)9-7-5-6-8-20-10-12-22(36)13-11-20)28(40)25(31)21(17-35)16-32-27(39)19(3)33-23(37)14-15-30/h10-13,18-19,21,25-26,35-36H,5-9,14-17,30-31H2,1-4H3,(H,32,39)(H,33,37)/t19-,21?,25?,26?/m0/s1. The highest BCUT2D eigenvalue weighted by Gasteiger charge is 2.41. The SMILES string of the molecule is COC(=O)C(C(C)C)N(C(=O)CCCCCc1ccc(O)cc1)C(=O)C(N)C(CO)CNC(=O)[C@H](C)NC(=O)CCN. The maximum atomic E-state index is 13.6. The number of aryl methyl sites for hydroxylation is 1. The number of aliphatic hydroxyl groups excluding tert-OH is 1. The molecule has 236 valence electrons. The lowest BCUT2D eigenvalue weighted by Crippen LogP contribution is -2.59. The molecule has 0 bridgehead atoms. The number of ether oxygens (including phenoxy) is 1. The van der Waals surface area contributed by atoms with Gasteiger partial charge in [0.15, 0.2) is 0 Å². The van der Waals surface area contributed by atoms with Gasteiger partial charge in [-0.15, -0.1) is 0 Å². The van der Waals surface area contributed by atoms with Crippen LogP contribution < -0.4 is 22.1 Å². The minimum Gasteiger partial charge on any atom is -0.508 e. The van der Waals surface area contributed by atoms with Crippen molar-refractivity contribution in [1.29, 1.82) is 0 Å². The quantitative estimate of drug-likeness (QED) is 0.0986. The minimum absolute atomic E-state index is 0.0191. The van der Waals surface area contributed by atoms with E-state index >= 15 is 0 Å². The third-order valence-electron chi connectivity index (χ3n) is 6.86. The predicted octanol–water partition coefficient (Wildman–Crippen LogP) is -0.0466. The van der Waals surface area contributed by atoms with Gasteiger partial charge in [0.05, 0.1) is 13.2 Å². The van der Waals surface area contributed by atoms with Gasteiger partial charge in [0.1, 0.15) is 17.8 Å². The Bertz CT molecular complexity index is 1030. The van der Waals surface area contributed by atoms with Gasteiger partial charge in [0, 0.05) is 38.5 Å². The Morgan fingerprint density at radius 3 is 2.19 bits per heavy atom. The first-order chi connectivity index (χ1) is 19.9. The number of nitrogens with two attached hydrogens (primary N) is 2. The Morgan fingerprint density at radius 1 is 1.00 bits per heavy atom. The fraction of sp³-hybridized carbons (Fsp3) is 0.621. The number of unbranched alkanes of at least 4 members (excludes halogenated alkanes) is 2. The third kappa shape index (κ3) is 11.7. The van der Waals surface area contributed by atoms with Crippen LogP contribution in [0.2, 0.25) is 0 Å². The molecule has 8 N–H and O–H groups in total. The molecule has 13 heteroatoms. The largest absolute Gasteiger partial charge is 0.508 e. The summed E-state index contributed by atoms with van der Waals surface area (Å²) < 4.78 is 4.88. The van der Waals surface area contributed by atoms with Crippen LogP contribution in [0.5, 0.6) is 5.75 Å². The fourth-order valence-corrected chi connectivity index (χ4v) is 4.34. The van der Waals surface area contributed by atoms with Gasteiger partial charge in [0.25, 0.3) is 0 Å². The van der Waals surface area contributed by atoms with Gasteiger partial charge in [-0.2, -0.15) is 0 Å². The summed E-state index contributed by atoms with van der Waals surface area (Å²) in [6.07, 6.45) is 2.68. The maximum absolute atomic E-state index is 13.6. The normalized spacial score (nSPS) is 13.9. The first-order valence-electron chi connectivity index (χ1n) is 14.2. The fourth-order valence-electron chi connectivity index (χ4n) is 4.34. The average Bonchev–Trinajstić information content (AvgIpc) is 2.95. The summed E-state index contributed by atoms with van der Waals surface area (Å²) in [5.74, 6) is -4.49.